The second-order valence-corrected chi connectivity index (χ2v) is 4.98. The lowest BCUT2D eigenvalue weighted by Crippen LogP contribution is -2.44. The first-order valence-electron chi connectivity index (χ1n) is 5.73. The highest BCUT2D eigenvalue weighted by atomic mass is 32.1. The molecule has 1 aromatic heterocycles. The fraction of sp³-hybridized carbons (Fsp3) is 0.545. The number of nitrogens with zero attached hydrogens (tertiary/aromatic N) is 1. The Hall–Kier alpha value is -1.64. The van der Waals surface area contributed by atoms with Crippen molar-refractivity contribution in [3.63, 3.8) is 0 Å². The van der Waals surface area contributed by atoms with Gasteiger partial charge in [0.1, 0.15) is 6.04 Å². The number of aromatic nitrogens is 1. The number of carbonyl (C=O) groups excluding carboxylic acids is 1. The van der Waals surface area contributed by atoms with Crippen molar-refractivity contribution in [1.29, 1.82) is 0 Å². The van der Waals surface area contributed by atoms with Crippen LogP contribution in [0.1, 0.15) is 24.0 Å². The van der Waals surface area contributed by atoms with Crippen molar-refractivity contribution < 1.29 is 27.9 Å². The summed E-state index contributed by atoms with van der Waals surface area (Å²) in [5.41, 5.74) is 0.417. The number of amides is 1. The molecule has 0 aliphatic heterocycles. The summed E-state index contributed by atoms with van der Waals surface area (Å²) in [4.78, 5) is 26.3. The summed E-state index contributed by atoms with van der Waals surface area (Å²) >= 11 is 1.34. The molecule has 1 atom stereocenters. The number of aliphatic carboxylic acids is 1. The molecule has 1 heterocycles. The van der Waals surface area contributed by atoms with Gasteiger partial charge in [0.15, 0.2) is 0 Å². The van der Waals surface area contributed by atoms with E-state index in [1.807, 2.05) is 12.2 Å². The molecule has 0 aromatic carbocycles. The van der Waals surface area contributed by atoms with E-state index in [0.29, 0.717) is 12.1 Å². The molecule has 20 heavy (non-hydrogen) atoms. The molecule has 0 fully saturated rings. The summed E-state index contributed by atoms with van der Waals surface area (Å²) in [7, 11) is 0. The third kappa shape index (κ3) is 5.55. The van der Waals surface area contributed by atoms with E-state index in [9.17, 15) is 22.8 Å². The van der Waals surface area contributed by atoms with Gasteiger partial charge in [-0.2, -0.15) is 13.2 Å². The van der Waals surface area contributed by atoms with Gasteiger partial charge < -0.3 is 10.4 Å². The number of aryl methyl sites for hydroxylation is 1. The van der Waals surface area contributed by atoms with Crippen LogP contribution in [0.2, 0.25) is 0 Å². The summed E-state index contributed by atoms with van der Waals surface area (Å²) in [5.74, 6) is -2.52. The molecule has 2 N–H and O–H groups in total. The van der Waals surface area contributed by atoms with Gasteiger partial charge in [0.25, 0.3) is 0 Å². The standard InChI is InChI=1S/C11H13F3N2O3S/c1-2-9-15-6(5-20-9)3-8(17)16-7(10(18)19)4-11(12,13)14/h5,7H,2-4H2,1H3,(H,16,17)(H,18,19). The quantitative estimate of drug-likeness (QED) is 0.839. The average Bonchev–Trinajstić information content (AvgIpc) is 2.73. The van der Waals surface area contributed by atoms with Gasteiger partial charge in [-0.3, -0.25) is 4.79 Å². The maximum atomic E-state index is 12.2. The Kier molecular flexibility index (Phi) is 5.49. The molecule has 0 saturated carbocycles. The van der Waals surface area contributed by atoms with E-state index in [1.165, 1.54) is 11.3 Å². The minimum Gasteiger partial charge on any atom is -0.480 e. The predicted molar refractivity (Wildman–Crippen MR) is 65.4 cm³/mol. The fourth-order valence-corrected chi connectivity index (χ4v) is 2.18. The van der Waals surface area contributed by atoms with Crippen molar-refractivity contribution in [3.8, 4) is 0 Å². The molecule has 1 rings (SSSR count). The highest BCUT2D eigenvalue weighted by Gasteiger charge is 2.36. The van der Waals surface area contributed by atoms with E-state index in [4.69, 9.17) is 5.11 Å². The van der Waals surface area contributed by atoms with Gasteiger partial charge in [0.05, 0.1) is 23.5 Å². The molecule has 0 aliphatic carbocycles. The van der Waals surface area contributed by atoms with Crippen LogP contribution in [-0.4, -0.2) is 34.2 Å². The van der Waals surface area contributed by atoms with Crippen LogP contribution in [0.4, 0.5) is 13.2 Å². The molecule has 9 heteroatoms. The van der Waals surface area contributed by atoms with E-state index < -0.39 is 30.5 Å². The van der Waals surface area contributed by atoms with Gasteiger partial charge >= 0.3 is 12.1 Å². The highest BCUT2D eigenvalue weighted by molar-refractivity contribution is 7.09. The molecule has 1 aromatic rings. The van der Waals surface area contributed by atoms with Crippen molar-refractivity contribution in [2.75, 3.05) is 0 Å². The summed E-state index contributed by atoms with van der Waals surface area (Å²) in [6, 6.07) is -1.98. The lowest BCUT2D eigenvalue weighted by atomic mass is 10.2. The van der Waals surface area contributed by atoms with Crippen LogP contribution in [0, 0.1) is 0 Å². The molecule has 0 spiro atoms. The SMILES string of the molecule is CCc1nc(CC(=O)NC(CC(F)(F)F)C(=O)O)cs1. The van der Waals surface area contributed by atoms with Crippen LogP contribution in [0.5, 0.6) is 0 Å². The summed E-state index contributed by atoms with van der Waals surface area (Å²) < 4.78 is 36.5. The number of rotatable bonds is 6. The number of hydrogen-bond donors (Lipinski definition) is 2. The zero-order valence-corrected chi connectivity index (χ0v) is 11.3. The molecule has 0 saturated heterocycles. The zero-order chi connectivity index (χ0) is 15.3. The van der Waals surface area contributed by atoms with Gasteiger partial charge in [-0.05, 0) is 6.42 Å². The molecule has 0 bridgehead atoms. The average molecular weight is 310 g/mol. The van der Waals surface area contributed by atoms with E-state index in [-0.39, 0.29) is 6.42 Å². The van der Waals surface area contributed by atoms with Crippen LogP contribution >= 0.6 is 11.3 Å². The first-order chi connectivity index (χ1) is 9.21. The minimum absolute atomic E-state index is 0.238. The molecule has 112 valence electrons. The fourth-order valence-electron chi connectivity index (χ4n) is 1.43. The van der Waals surface area contributed by atoms with Gasteiger partial charge in [-0.1, -0.05) is 6.92 Å². The maximum Gasteiger partial charge on any atom is 0.391 e. The third-order valence-corrected chi connectivity index (χ3v) is 3.35. The molecule has 0 radical (unpaired) electrons. The van der Waals surface area contributed by atoms with Crippen molar-refractivity contribution in [1.82, 2.24) is 10.3 Å². The lowest BCUT2D eigenvalue weighted by Gasteiger charge is -2.15. The number of carbonyl (C=O) groups is 2. The topological polar surface area (TPSA) is 79.3 Å². The third-order valence-electron chi connectivity index (χ3n) is 2.31. The number of alkyl halides is 3. The Morgan fingerprint density at radius 1 is 1.50 bits per heavy atom. The van der Waals surface area contributed by atoms with Crippen molar-refractivity contribution in [3.05, 3.63) is 16.1 Å². The summed E-state index contributed by atoms with van der Waals surface area (Å²) in [6.45, 7) is 1.88. The Balaban J connectivity index is 2.60. The normalized spacial score (nSPS) is 13.0. The maximum absolute atomic E-state index is 12.2. The number of carboxylic acids is 1. The number of halogens is 3. The van der Waals surface area contributed by atoms with Gasteiger partial charge in [0.2, 0.25) is 5.91 Å². The molecular formula is C11H13F3N2O3S. The second-order valence-electron chi connectivity index (χ2n) is 4.04. The van der Waals surface area contributed by atoms with Crippen LogP contribution in [0.3, 0.4) is 0 Å². The zero-order valence-electron chi connectivity index (χ0n) is 10.5. The molecule has 1 amide bonds. The number of carboxylic acid groups (broad SMARTS) is 1. The van der Waals surface area contributed by atoms with E-state index in [2.05, 4.69) is 4.98 Å². The van der Waals surface area contributed by atoms with Gasteiger partial charge in [-0.25, -0.2) is 9.78 Å². The Bertz CT molecular complexity index is 488. The Labute approximate surface area is 116 Å². The monoisotopic (exact) mass is 310 g/mol. The smallest absolute Gasteiger partial charge is 0.391 e. The number of thiazole rings is 1. The van der Waals surface area contributed by atoms with E-state index in [1.54, 1.807) is 5.38 Å². The lowest BCUT2D eigenvalue weighted by molar-refractivity contribution is -0.159. The first kappa shape index (κ1) is 16.4. The van der Waals surface area contributed by atoms with Crippen LogP contribution < -0.4 is 5.32 Å². The minimum atomic E-state index is -4.66. The van der Waals surface area contributed by atoms with Gasteiger partial charge in [-0.15, -0.1) is 11.3 Å². The highest BCUT2D eigenvalue weighted by Crippen LogP contribution is 2.21. The van der Waals surface area contributed by atoms with Gasteiger partial charge in [0, 0.05) is 5.38 Å². The molecule has 0 aliphatic rings. The van der Waals surface area contributed by atoms with Crippen LogP contribution in [-0.2, 0) is 22.4 Å². The largest absolute Gasteiger partial charge is 0.480 e. The van der Waals surface area contributed by atoms with Crippen LogP contribution in [0.25, 0.3) is 0 Å². The number of hydrogen-bond acceptors (Lipinski definition) is 4. The summed E-state index contributed by atoms with van der Waals surface area (Å²) in [6.07, 6.45) is -5.81. The van der Waals surface area contributed by atoms with E-state index in [0.717, 1.165) is 5.01 Å². The molecular weight excluding hydrogens is 297 g/mol. The van der Waals surface area contributed by atoms with Crippen LogP contribution in [0.15, 0.2) is 5.38 Å². The molecule has 1 unspecified atom stereocenters. The van der Waals surface area contributed by atoms with Crippen molar-refractivity contribution in [2.45, 2.75) is 38.4 Å². The van der Waals surface area contributed by atoms with E-state index >= 15 is 0 Å². The van der Waals surface area contributed by atoms with Crippen molar-refractivity contribution >= 4 is 23.2 Å². The second kappa shape index (κ2) is 6.69. The van der Waals surface area contributed by atoms with Crippen molar-refractivity contribution in [2.24, 2.45) is 0 Å². The first-order valence-corrected chi connectivity index (χ1v) is 6.61. The Morgan fingerprint density at radius 2 is 2.15 bits per heavy atom. The predicted octanol–water partition coefficient (Wildman–Crippen LogP) is 1.77. The number of nitrogens with one attached hydrogen (secondary N) is 1. The Morgan fingerprint density at radius 3 is 2.60 bits per heavy atom. The summed E-state index contributed by atoms with van der Waals surface area (Å²) in [5, 5.41) is 12.9. The molecule has 5 nitrogen and oxygen atoms in total.